The predicted octanol–water partition coefficient (Wildman–Crippen LogP) is 3.97. The van der Waals surface area contributed by atoms with E-state index in [2.05, 4.69) is 28.3 Å². The lowest BCUT2D eigenvalue weighted by Gasteiger charge is -2.07. The number of thiophene rings is 1. The molecule has 0 atom stereocenters. The molecular formula is C16H18N4S. The van der Waals surface area contributed by atoms with Crippen LogP contribution in [0.2, 0.25) is 0 Å². The van der Waals surface area contributed by atoms with E-state index in [4.69, 9.17) is 4.98 Å². The second kappa shape index (κ2) is 5.41. The molecule has 0 aromatic carbocycles. The fourth-order valence-electron chi connectivity index (χ4n) is 2.43. The number of aromatic nitrogens is 3. The molecule has 21 heavy (non-hydrogen) atoms. The van der Waals surface area contributed by atoms with Gasteiger partial charge in [0.1, 0.15) is 10.6 Å². The van der Waals surface area contributed by atoms with Crippen molar-refractivity contribution in [3.05, 3.63) is 34.5 Å². The number of rotatable bonds is 3. The van der Waals surface area contributed by atoms with Crippen molar-refractivity contribution in [1.82, 2.24) is 15.0 Å². The Balaban J connectivity index is 2.22. The summed E-state index contributed by atoms with van der Waals surface area (Å²) in [7, 11) is 1.90. The fourth-order valence-corrected chi connectivity index (χ4v) is 3.40. The second-order valence-electron chi connectivity index (χ2n) is 5.07. The van der Waals surface area contributed by atoms with E-state index in [1.165, 1.54) is 4.88 Å². The highest BCUT2D eigenvalue weighted by Gasteiger charge is 2.12. The van der Waals surface area contributed by atoms with Gasteiger partial charge in [-0.1, -0.05) is 6.92 Å². The molecule has 4 nitrogen and oxygen atoms in total. The number of nitrogens with zero attached hydrogens (tertiary/aromatic N) is 3. The van der Waals surface area contributed by atoms with Crippen LogP contribution in [0.3, 0.4) is 0 Å². The van der Waals surface area contributed by atoms with Crippen LogP contribution in [0.15, 0.2) is 18.2 Å². The maximum Gasteiger partial charge on any atom is 0.163 e. The average molecular weight is 298 g/mol. The summed E-state index contributed by atoms with van der Waals surface area (Å²) in [6, 6.07) is 6.24. The van der Waals surface area contributed by atoms with E-state index in [0.717, 1.165) is 45.2 Å². The van der Waals surface area contributed by atoms with E-state index in [1.807, 2.05) is 33.0 Å². The lowest BCUT2D eigenvalue weighted by atomic mass is 10.2. The quantitative estimate of drug-likeness (QED) is 0.794. The van der Waals surface area contributed by atoms with E-state index < -0.39 is 0 Å². The third-order valence-electron chi connectivity index (χ3n) is 3.37. The van der Waals surface area contributed by atoms with Crippen molar-refractivity contribution < 1.29 is 0 Å². The van der Waals surface area contributed by atoms with Crippen LogP contribution in [0, 0.1) is 13.8 Å². The molecule has 5 heteroatoms. The van der Waals surface area contributed by atoms with E-state index in [-0.39, 0.29) is 0 Å². The van der Waals surface area contributed by atoms with Gasteiger partial charge in [0.05, 0.1) is 5.39 Å². The van der Waals surface area contributed by atoms with Gasteiger partial charge >= 0.3 is 0 Å². The van der Waals surface area contributed by atoms with E-state index in [0.29, 0.717) is 0 Å². The smallest absolute Gasteiger partial charge is 0.163 e. The van der Waals surface area contributed by atoms with Crippen LogP contribution in [0.5, 0.6) is 0 Å². The molecule has 0 amide bonds. The number of hydrogen-bond donors (Lipinski definition) is 1. The average Bonchev–Trinajstić information content (AvgIpc) is 2.88. The number of fused-ring (bicyclic) bond motifs is 1. The van der Waals surface area contributed by atoms with Gasteiger partial charge in [-0.2, -0.15) is 0 Å². The minimum atomic E-state index is 0.755. The first kappa shape index (κ1) is 13.9. The minimum absolute atomic E-state index is 0.755. The molecule has 0 unspecified atom stereocenters. The first-order chi connectivity index (χ1) is 10.1. The van der Waals surface area contributed by atoms with Crippen LogP contribution in [-0.2, 0) is 6.42 Å². The van der Waals surface area contributed by atoms with Gasteiger partial charge in [0, 0.05) is 28.9 Å². The van der Waals surface area contributed by atoms with Gasteiger partial charge in [-0.15, -0.1) is 11.3 Å². The van der Waals surface area contributed by atoms with Crippen molar-refractivity contribution in [2.24, 2.45) is 0 Å². The molecule has 0 spiro atoms. The molecule has 0 saturated heterocycles. The normalized spacial score (nSPS) is 11.0. The van der Waals surface area contributed by atoms with E-state index in [1.54, 1.807) is 11.3 Å². The highest BCUT2D eigenvalue weighted by atomic mass is 32.1. The zero-order valence-electron chi connectivity index (χ0n) is 12.7. The number of nitrogens with one attached hydrogen (secondary N) is 1. The van der Waals surface area contributed by atoms with Gasteiger partial charge in [0.25, 0.3) is 0 Å². The Hall–Kier alpha value is -2.01. The monoisotopic (exact) mass is 298 g/mol. The Morgan fingerprint density at radius 3 is 2.38 bits per heavy atom. The molecule has 0 fully saturated rings. The van der Waals surface area contributed by atoms with Gasteiger partial charge < -0.3 is 5.32 Å². The number of aryl methyl sites for hydroxylation is 3. The Morgan fingerprint density at radius 2 is 1.76 bits per heavy atom. The second-order valence-corrected chi connectivity index (χ2v) is 6.18. The van der Waals surface area contributed by atoms with Crippen molar-refractivity contribution in [1.29, 1.82) is 0 Å². The molecule has 3 heterocycles. The standard InChI is InChI=1S/C16H18N4S/c1-5-12-8-13-15(17-4)19-14(20-16(13)21-12)11-6-9(2)18-10(3)7-11/h6-8H,5H2,1-4H3,(H,17,19,20). The number of hydrogen-bond acceptors (Lipinski definition) is 5. The third-order valence-corrected chi connectivity index (χ3v) is 4.54. The summed E-state index contributed by atoms with van der Waals surface area (Å²) in [4.78, 5) is 16.2. The Labute approximate surface area is 128 Å². The maximum atomic E-state index is 4.74. The van der Waals surface area contributed by atoms with Crippen LogP contribution >= 0.6 is 11.3 Å². The molecule has 0 saturated carbocycles. The molecule has 0 aliphatic carbocycles. The zero-order valence-corrected chi connectivity index (χ0v) is 13.5. The largest absolute Gasteiger partial charge is 0.372 e. The van der Waals surface area contributed by atoms with Crippen LogP contribution in [0.25, 0.3) is 21.6 Å². The number of anilines is 1. The number of pyridine rings is 1. The lowest BCUT2D eigenvalue weighted by molar-refractivity contribution is 1.11. The van der Waals surface area contributed by atoms with Crippen molar-refractivity contribution in [3.8, 4) is 11.4 Å². The summed E-state index contributed by atoms with van der Waals surface area (Å²) in [5, 5.41) is 4.29. The van der Waals surface area contributed by atoms with Gasteiger partial charge in [-0.25, -0.2) is 9.97 Å². The summed E-state index contributed by atoms with van der Waals surface area (Å²) >= 11 is 1.74. The first-order valence-corrected chi connectivity index (χ1v) is 7.86. The van der Waals surface area contributed by atoms with Crippen molar-refractivity contribution in [3.63, 3.8) is 0 Å². The fraction of sp³-hybridized carbons (Fsp3) is 0.312. The minimum Gasteiger partial charge on any atom is -0.372 e. The highest BCUT2D eigenvalue weighted by Crippen LogP contribution is 2.31. The molecule has 1 N–H and O–H groups in total. The molecule has 3 rings (SSSR count). The summed E-state index contributed by atoms with van der Waals surface area (Å²) < 4.78 is 0. The SMILES string of the molecule is CCc1cc2c(NC)nc(-c3cc(C)nc(C)c3)nc2s1. The van der Waals surface area contributed by atoms with Gasteiger partial charge in [0.15, 0.2) is 5.82 Å². The molecule has 0 aliphatic heterocycles. The molecule has 108 valence electrons. The Bertz CT molecular complexity index is 787. The van der Waals surface area contributed by atoms with Crippen molar-refractivity contribution in [2.45, 2.75) is 27.2 Å². The van der Waals surface area contributed by atoms with E-state index in [9.17, 15) is 0 Å². The molecule has 0 radical (unpaired) electrons. The van der Waals surface area contributed by atoms with Gasteiger partial charge in [-0.05, 0) is 38.5 Å². The Kier molecular flexibility index (Phi) is 3.59. The third kappa shape index (κ3) is 2.61. The topological polar surface area (TPSA) is 50.7 Å². The Morgan fingerprint density at radius 1 is 1.05 bits per heavy atom. The van der Waals surface area contributed by atoms with Gasteiger partial charge in [-0.3, -0.25) is 4.98 Å². The van der Waals surface area contributed by atoms with Crippen molar-refractivity contribution >= 4 is 27.4 Å². The molecule has 3 aromatic rings. The van der Waals surface area contributed by atoms with E-state index >= 15 is 0 Å². The van der Waals surface area contributed by atoms with Crippen LogP contribution in [0.1, 0.15) is 23.2 Å². The molecule has 0 aliphatic rings. The molecule has 3 aromatic heterocycles. The lowest BCUT2D eigenvalue weighted by Crippen LogP contribution is -1.98. The molecular weight excluding hydrogens is 280 g/mol. The summed E-state index contributed by atoms with van der Waals surface area (Å²) in [6.45, 7) is 6.15. The highest BCUT2D eigenvalue weighted by molar-refractivity contribution is 7.18. The zero-order chi connectivity index (χ0) is 15.0. The van der Waals surface area contributed by atoms with Crippen LogP contribution < -0.4 is 5.32 Å². The van der Waals surface area contributed by atoms with Gasteiger partial charge in [0.2, 0.25) is 0 Å². The van der Waals surface area contributed by atoms with Crippen LogP contribution in [-0.4, -0.2) is 22.0 Å². The summed E-state index contributed by atoms with van der Waals surface area (Å²) in [5.74, 6) is 1.64. The molecule has 0 bridgehead atoms. The first-order valence-electron chi connectivity index (χ1n) is 7.04. The summed E-state index contributed by atoms with van der Waals surface area (Å²) in [6.07, 6.45) is 1.02. The maximum absolute atomic E-state index is 4.74. The summed E-state index contributed by atoms with van der Waals surface area (Å²) in [5.41, 5.74) is 2.99. The van der Waals surface area contributed by atoms with Crippen molar-refractivity contribution in [2.75, 3.05) is 12.4 Å². The van der Waals surface area contributed by atoms with Crippen LogP contribution in [0.4, 0.5) is 5.82 Å². The predicted molar refractivity (Wildman–Crippen MR) is 89.0 cm³/mol.